The third kappa shape index (κ3) is 5.15. The molecule has 0 spiro atoms. The molecule has 6 heteroatoms. The quantitative estimate of drug-likeness (QED) is 0.346. The first kappa shape index (κ1) is 23.7. The fourth-order valence-corrected chi connectivity index (χ4v) is 4.71. The van der Waals surface area contributed by atoms with Gasteiger partial charge in [0.1, 0.15) is 18.0 Å². The highest BCUT2D eigenvalue weighted by Crippen LogP contribution is 2.41. The minimum Gasteiger partial charge on any atom is -0.444 e. The Bertz CT molecular complexity index is 1270. The maximum absolute atomic E-state index is 15.1. The van der Waals surface area contributed by atoms with E-state index in [0.717, 1.165) is 16.7 Å². The van der Waals surface area contributed by atoms with E-state index in [2.05, 4.69) is 34.5 Å². The molecular weight excluding hydrogens is 455 g/mol. The average molecular weight is 483 g/mol. The molecule has 1 heterocycles. The van der Waals surface area contributed by atoms with E-state index in [1.54, 1.807) is 6.07 Å². The molecule has 1 aliphatic heterocycles. The predicted molar refractivity (Wildman–Crippen MR) is 137 cm³/mol. The minimum absolute atomic E-state index is 0.0453. The molecule has 1 amide bonds. The van der Waals surface area contributed by atoms with Crippen LogP contribution in [0.15, 0.2) is 109 Å². The lowest BCUT2D eigenvalue weighted by Crippen LogP contribution is -2.60. The fraction of sp³-hybridized carbons (Fsp3) is 0.167. The van der Waals surface area contributed by atoms with Crippen molar-refractivity contribution in [3.05, 3.63) is 137 Å². The van der Waals surface area contributed by atoms with E-state index in [1.807, 2.05) is 66.7 Å². The zero-order chi connectivity index (χ0) is 25.0. The molecule has 182 valence electrons. The highest BCUT2D eigenvalue weighted by Gasteiger charge is 2.47. The van der Waals surface area contributed by atoms with E-state index in [0.29, 0.717) is 0 Å². The molecular formula is C30H27FN2O3. The number of rotatable bonds is 7. The first-order chi connectivity index (χ1) is 17.5. The van der Waals surface area contributed by atoms with Crippen molar-refractivity contribution in [2.24, 2.45) is 0 Å². The molecule has 0 atom stereocenters. The van der Waals surface area contributed by atoms with Crippen LogP contribution >= 0.6 is 0 Å². The van der Waals surface area contributed by atoms with Gasteiger partial charge in [0, 0.05) is 24.3 Å². The Labute approximate surface area is 209 Å². The van der Waals surface area contributed by atoms with Crippen LogP contribution < -0.4 is 5.32 Å². The van der Waals surface area contributed by atoms with Gasteiger partial charge in [-0.05, 0) is 28.8 Å². The Morgan fingerprint density at radius 3 is 2.00 bits per heavy atom. The summed E-state index contributed by atoms with van der Waals surface area (Å²) in [4.78, 5) is 14.3. The third-order valence-electron chi connectivity index (χ3n) is 6.45. The van der Waals surface area contributed by atoms with Gasteiger partial charge in [-0.3, -0.25) is 10.2 Å². The summed E-state index contributed by atoms with van der Waals surface area (Å²) in [6.07, 6.45) is -0.673. The second kappa shape index (κ2) is 10.3. The molecule has 0 unspecified atom stereocenters. The number of likely N-dealkylation sites (tertiary alicyclic amines) is 1. The number of hydrogen-bond acceptors (Lipinski definition) is 4. The molecule has 36 heavy (non-hydrogen) atoms. The molecule has 0 radical (unpaired) electrons. The molecule has 5 rings (SSSR count). The summed E-state index contributed by atoms with van der Waals surface area (Å²) < 4.78 is 20.3. The second-order valence-electron chi connectivity index (χ2n) is 9.04. The number of nitrogens with zero attached hydrogens (tertiary/aromatic N) is 1. The summed E-state index contributed by atoms with van der Waals surface area (Å²) >= 11 is 0. The van der Waals surface area contributed by atoms with E-state index in [1.165, 1.54) is 12.1 Å². The second-order valence-corrected chi connectivity index (χ2v) is 9.04. The normalized spacial score (nSPS) is 14.8. The average Bonchev–Trinajstić information content (AvgIpc) is 2.88. The Morgan fingerprint density at radius 2 is 1.44 bits per heavy atom. The summed E-state index contributed by atoms with van der Waals surface area (Å²) in [6, 6.07) is 33.7. The summed E-state index contributed by atoms with van der Waals surface area (Å²) in [5.41, 5.74) is 2.23. The number of ether oxygens (including phenoxy) is 1. The molecule has 0 aromatic heterocycles. The minimum atomic E-state index is -1.32. The SMILES string of the molecule is O=C(Nc1ccc(C2(O)CN(C(c3ccccc3)c3ccccc3)C2)c(F)c1)OCc1ccccc1. The zero-order valence-corrected chi connectivity index (χ0v) is 19.7. The van der Waals surface area contributed by atoms with Gasteiger partial charge in [0.15, 0.2) is 0 Å². The zero-order valence-electron chi connectivity index (χ0n) is 19.7. The highest BCUT2D eigenvalue weighted by atomic mass is 19.1. The number of nitrogens with one attached hydrogen (secondary N) is 1. The van der Waals surface area contributed by atoms with E-state index in [4.69, 9.17) is 4.74 Å². The Kier molecular flexibility index (Phi) is 6.80. The van der Waals surface area contributed by atoms with Gasteiger partial charge >= 0.3 is 6.09 Å². The van der Waals surface area contributed by atoms with E-state index >= 15 is 4.39 Å². The van der Waals surface area contributed by atoms with E-state index in [9.17, 15) is 9.90 Å². The number of β-amino-alcohol motifs (C(OH)–C–C–N with tert-alkyl or cyclic N) is 1. The van der Waals surface area contributed by atoms with Gasteiger partial charge in [-0.2, -0.15) is 0 Å². The van der Waals surface area contributed by atoms with Crippen molar-refractivity contribution in [1.29, 1.82) is 0 Å². The molecule has 0 aliphatic carbocycles. The van der Waals surface area contributed by atoms with Crippen molar-refractivity contribution in [3.63, 3.8) is 0 Å². The maximum atomic E-state index is 15.1. The number of carbonyl (C=O) groups excluding carboxylic acids is 1. The van der Waals surface area contributed by atoms with Crippen LogP contribution in [0.25, 0.3) is 0 Å². The van der Waals surface area contributed by atoms with Gasteiger partial charge in [0.05, 0.1) is 6.04 Å². The molecule has 1 saturated heterocycles. The smallest absolute Gasteiger partial charge is 0.411 e. The first-order valence-electron chi connectivity index (χ1n) is 11.9. The number of benzene rings is 4. The molecule has 0 saturated carbocycles. The van der Waals surface area contributed by atoms with Crippen molar-refractivity contribution in [3.8, 4) is 0 Å². The lowest BCUT2D eigenvalue weighted by Gasteiger charge is -2.50. The van der Waals surface area contributed by atoms with E-state index < -0.39 is 17.5 Å². The summed E-state index contributed by atoms with van der Waals surface area (Å²) in [5, 5.41) is 13.8. The van der Waals surface area contributed by atoms with Crippen LogP contribution in [-0.2, 0) is 16.9 Å². The van der Waals surface area contributed by atoms with Gasteiger partial charge in [0.25, 0.3) is 0 Å². The van der Waals surface area contributed by atoms with Crippen LogP contribution in [0.5, 0.6) is 0 Å². The molecule has 1 aliphatic rings. The van der Waals surface area contributed by atoms with Crippen molar-refractivity contribution < 1.29 is 19.0 Å². The lowest BCUT2D eigenvalue weighted by atomic mass is 9.82. The van der Waals surface area contributed by atoms with Crippen molar-refractivity contribution in [2.75, 3.05) is 18.4 Å². The monoisotopic (exact) mass is 482 g/mol. The molecule has 2 N–H and O–H groups in total. The van der Waals surface area contributed by atoms with Crippen molar-refractivity contribution >= 4 is 11.8 Å². The lowest BCUT2D eigenvalue weighted by molar-refractivity contribution is -0.118. The van der Waals surface area contributed by atoms with Crippen LogP contribution in [-0.4, -0.2) is 29.2 Å². The number of amides is 1. The fourth-order valence-electron chi connectivity index (χ4n) is 4.71. The third-order valence-corrected chi connectivity index (χ3v) is 6.45. The first-order valence-corrected chi connectivity index (χ1v) is 11.9. The molecule has 5 nitrogen and oxygen atoms in total. The topological polar surface area (TPSA) is 61.8 Å². The maximum Gasteiger partial charge on any atom is 0.411 e. The van der Waals surface area contributed by atoms with Crippen molar-refractivity contribution in [2.45, 2.75) is 18.2 Å². The van der Waals surface area contributed by atoms with E-state index in [-0.39, 0.29) is 37.0 Å². The molecule has 0 bridgehead atoms. The number of anilines is 1. The van der Waals surface area contributed by atoms with Gasteiger partial charge in [-0.1, -0.05) is 97.1 Å². The van der Waals surface area contributed by atoms with Gasteiger partial charge in [-0.15, -0.1) is 0 Å². The summed E-state index contributed by atoms with van der Waals surface area (Å²) in [5.74, 6) is -0.575. The van der Waals surface area contributed by atoms with Gasteiger partial charge in [0.2, 0.25) is 0 Å². The highest BCUT2D eigenvalue weighted by molar-refractivity contribution is 5.84. The largest absolute Gasteiger partial charge is 0.444 e. The Hall–Kier alpha value is -4.00. The van der Waals surface area contributed by atoms with Gasteiger partial charge in [-0.25, -0.2) is 9.18 Å². The predicted octanol–water partition coefficient (Wildman–Crippen LogP) is 5.87. The molecule has 4 aromatic rings. The number of carbonyl (C=O) groups is 1. The molecule has 4 aromatic carbocycles. The number of aliphatic hydroxyl groups is 1. The molecule has 1 fully saturated rings. The van der Waals surface area contributed by atoms with Crippen LogP contribution in [0.4, 0.5) is 14.9 Å². The Balaban J connectivity index is 1.26. The standard InChI is InChI=1S/C30H27FN2O3/c31-27-18-25(32-29(34)36-19-22-10-4-1-5-11-22)16-17-26(27)30(35)20-33(21-30)28(23-12-6-2-7-13-23)24-14-8-3-9-15-24/h1-18,28,35H,19-21H2,(H,32,34). The van der Waals surface area contributed by atoms with Crippen LogP contribution in [0, 0.1) is 5.82 Å². The summed E-state index contributed by atoms with van der Waals surface area (Å²) in [6.45, 7) is 0.682. The Morgan fingerprint density at radius 1 is 0.889 bits per heavy atom. The number of hydrogen-bond donors (Lipinski definition) is 2. The van der Waals surface area contributed by atoms with Crippen LogP contribution in [0.3, 0.4) is 0 Å². The van der Waals surface area contributed by atoms with Crippen LogP contribution in [0.1, 0.15) is 28.3 Å². The number of halogens is 1. The van der Waals surface area contributed by atoms with Crippen LogP contribution in [0.2, 0.25) is 0 Å². The summed E-state index contributed by atoms with van der Waals surface area (Å²) in [7, 11) is 0. The van der Waals surface area contributed by atoms with Crippen molar-refractivity contribution in [1.82, 2.24) is 4.90 Å². The van der Waals surface area contributed by atoms with Gasteiger partial charge < -0.3 is 9.84 Å².